The van der Waals surface area contributed by atoms with E-state index in [1.54, 1.807) is 18.2 Å². The predicted octanol–water partition coefficient (Wildman–Crippen LogP) is 1.25. The van der Waals surface area contributed by atoms with Crippen LogP contribution in [0.25, 0.3) is 0 Å². The van der Waals surface area contributed by atoms with Gasteiger partial charge in [0.25, 0.3) is 0 Å². The third kappa shape index (κ3) is 2.95. The average molecular weight is 180 g/mol. The smallest absolute Gasteiger partial charge is 0.116 e. The Hall–Kier alpha value is -1.22. The van der Waals surface area contributed by atoms with Crippen LogP contribution in [0.4, 0.5) is 5.69 Å². The van der Waals surface area contributed by atoms with Crippen LogP contribution in [0.1, 0.15) is 18.9 Å². The summed E-state index contributed by atoms with van der Waals surface area (Å²) in [6.07, 6.45) is 1.70. The van der Waals surface area contributed by atoms with Gasteiger partial charge in [-0.1, -0.05) is 0 Å². The Balaban J connectivity index is 2.70. The SMILES string of the molecule is C[C@H](N)CCc1cc(O)ccc1N. The van der Waals surface area contributed by atoms with Gasteiger partial charge < -0.3 is 16.6 Å². The zero-order chi connectivity index (χ0) is 9.84. The van der Waals surface area contributed by atoms with Gasteiger partial charge in [0.1, 0.15) is 5.75 Å². The molecule has 3 nitrogen and oxygen atoms in total. The van der Waals surface area contributed by atoms with Gasteiger partial charge in [0, 0.05) is 11.7 Å². The zero-order valence-electron chi connectivity index (χ0n) is 7.83. The van der Waals surface area contributed by atoms with Crippen molar-refractivity contribution in [2.45, 2.75) is 25.8 Å². The highest BCUT2D eigenvalue weighted by Gasteiger charge is 2.02. The molecule has 1 rings (SSSR count). The second-order valence-electron chi connectivity index (χ2n) is 3.40. The van der Waals surface area contributed by atoms with E-state index in [1.807, 2.05) is 6.92 Å². The summed E-state index contributed by atoms with van der Waals surface area (Å²) in [4.78, 5) is 0. The van der Waals surface area contributed by atoms with Crippen LogP contribution in [0.3, 0.4) is 0 Å². The number of phenols is 1. The molecule has 0 spiro atoms. The van der Waals surface area contributed by atoms with Crippen LogP contribution in [-0.4, -0.2) is 11.1 Å². The lowest BCUT2D eigenvalue weighted by atomic mass is 10.0. The number of rotatable bonds is 3. The second kappa shape index (κ2) is 4.14. The van der Waals surface area contributed by atoms with E-state index in [-0.39, 0.29) is 11.8 Å². The fourth-order valence-electron chi connectivity index (χ4n) is 1.19. The number of aryl methyl sites for hydroxylation is 1. The van der Waals surface area contributed by atoms with E-state index in [0.29, 0.717) is 0 Å². The van der Waals surface area contributed by atoms with E-state index in [0.717, 1.165) is 24.1 Å². The van der Waals surface area contributed by atoms with Crippen molar-refractivity contribution >= 4 is 5.69 Å². The normalized spacial score (nSPS) is 12.8. The fraction of sp³-hybridized carbons (Fsp3) is 0.400. The predicted molar refractivity (Wildman–Crippen MR) is 54.5 cm³/mol. The summed E-state index contributed by atoms with van der Waals surface area (Å²) in [6.45, 7) is 1.96. The molecule has 13 heavy (non-hydrogen) atoms. The number of aromatic hydroxyl groups is 1. The summed E-state index contributed by atoms with van der Waals surface area (Å²) in [5.74, 6) is 0.258. The molecule has 0 heterocycles. The summed E-state index contributed by atoms with van der Waals surface area (Å²) < 4.78 is 0. The van der Waals surface area contributed by atoms with Crippen molar-refractivity contribution in [3.63, 3.8) is 0 Å². The molecule has 0 bridgehead atoms. The summed E-state index contributed by atoms with van der Waals surface area (Å²) in [7, 11) is 0. The summed E-state index contributed by atoms with van der Waals surface area (Å²) in [6, 6.07) is 5.16. The molecule has 0 aromatic heterocycles. The van der Waals surface area contributed by atoms with Gasteiger partial charge in [-0.25, -0.2) is 0 Å². The second-order valence-corrected chi connectivity index (χ2v) is 3.40. The van der Waals surface area contributed by atoms with Crippen molar-refractivity contribution in [1.82, 2.24) is 0 Å². The Morgan fingerprint density at radius 2 is 2.15 bits per heavy atom. The molecule has 0 aliphatic heterocycles. The average Bonchev–Trinajstić information content (AvgIpc) is 2.06. The largest absolute Gasteiger partial charge is 0.508 e. The number of nitrogens with two attached hydrogens (primary N) is 2. The minimum atomic E-state index is 0.168. The topological polar surface area (TPSA) is 72.3 Å². The Labute approximate surface area is 78.4 Å². The molecule has 0 unspecified atom stereocenters. The molecule has 72 valence electrons. The molecular weight excluding hydrogens is 164 g/mol. The molecule has 1 aromatic carbocycles. The van der Waals surface area contributed by atoms with Gasteiger partial charge in [-0.05, 0) is 43.5 Å². The third-order valence-electron chi connectivity index (χ3n) is 2.00. The highest BCUT2D eigenvalue weighted by atomic mass is 16.3. The maximum Gasteiger partial charge on any atom is 0.116 e. The van der Waals surface area contributed by atoms with Crippen LogP contribution < -0.4 is 11.5 Å². The lowest BCUT2D eigenvalue weighted by Gasteiger charge is -2.07. The molecule has 0 aliphatic rings. The van der Waals surface area contributed by atoms with Crippen LogP contribution in [0.2, 0.25) is 0 Å². The molecule has 0 saturated heterocycles. The molecule has 0 saturated carbocycles. The van der Waals surface area contributed by atoms with Crippen molar-refractivity contribution in [2.75, 3.05) is 5.73 Å². The summed E-state index contributed by atoms with van der Waals surface area (Å²) in [5.41, 5.74) is 13.0. The van der Waals surface area contributed by atoms with Gasteiger partial charge in [0.05, 0.1) is 0 Å². The fourth-order valence-corrected chi connectivity index (χ4v) is 1.19. The van der Waals surface area contributed by atoms with Gasteiger partial charge in [-0.3, -0.25) is 0 Å². The Morgan fingerprint density at radius 3 is 2.77 bits per heavy atom. The maximum atomic E-state index is 9.22. The van der Waals surface area contributed by atoms with Crippen LogP contribution in [0.5, 0.6) is 5.75 Å². The van der Waals surface area contributed by atoms with E-state index >= 15 is 0 Å². The van der Waals surface area contributed by atoms with E-state index in [9.17, 15) is 5.11 Å². The van der Waals surface area contributed by atoms with Crippen LogP contribution in [0, 0.1) is 0 Å². The highest BCUT2D eigenvalue weighted by Crippen LogP contribution is 2.19. The number of anilines is 1. The number of hydrogen-bond donors (Lipinski definition) is 3. The Morgan fingerprint density at radius 1 is 1.46 bits per heavy atom. The van der Waals surface area contributed by atoms with E-state index < -0.39 is 0 Å². The van der Waals surface area contributed by atoms with Gasteiger partial charge >= 0.3 is 0 Å². The van der Waals surface area contributed by atoms with Crippen LogP contribution in [0.15, 0.2) is 18.2 Å². The molecule has 0 fully saturated rings. The van der Waals surface area contributed by atoms with E-state index in [4.69, 9.17) is 11.5 Å². The van der Waals surface area contributed by atoms with Crippen molar-refractivity contribution < 1.29 is 5.11 Å². The standard InChI is InChI=1S/C10H16N2O/c1-7(11)2-3-8-6-9(13)4-5-10(8)12/h4-7,13H,2-3,11-12H2,1H3/t7-/m0/s1. The third-order valence-corrected chi connectivity index (χ3v) is 2.00. The van der Waals surface area contributed by atoms with Gasteiger partial charge in [0.2, 0.25) is 0 Å². The molecule has 0 aliphatic carbocycles. The lowest BCUT2D eigenvalue weighted by molar-refractivity contribution is 0.474. The molecule has 1 atom stereocenters. The molecule has 0 radical (unpaired) electrons. The molecule has 3 heteroatoms. The minimum absolute atomic E-state index is 0.168. The van der Waals surface area contributed by atoms with Gasteiger partial charge in [-0.15, -0.1) is 0 Å². The quantitative estimate of drug-likeness (QED) is 0.484. The molecule has 0 amide bonds. The Kier molecular flexibility index (Phi) is 3.14. The summed E-state index contributed by atoms with van der Waals surface area (Å²) in [5, 5.41) is 9.22. The van der Waals surface area contributed by atoms with Crippen molar-refractivity contribution in [2.24, 2.45) is 5.73 Å². The van der Waals surface area contributed by atoms with Crippen LogP contribution >= 0.6 is 0 Å². The number of phenolic OH excluding ortho intramolecular Hbond substituents is 1. The highest BCUT2D eigenvalue weighted by molar-refractivity contribution is 5.50. The first-order valence-electron chi connectivity index (χ1n) is 4.42. The van der Waals surface area contributed by atoms with Gasteiger partial charge in [-0.2, -0.15) is 0 Å². The van der Waals surface area contributed by atoms with Crippen LogP contribution in [-0.2, 0) is 6.42 Å². The molecular formula is C10H16N2O. The number of hydrogen-bond acceptors (Lipinski definition) is 3. The molecule has 5 N–H and O–H groups in total. The first-order valence-corrected chi connectivity index (χ1v) is 4.42. The Bertz CT molecular complexity index is 284. The number of benzene rings is 1. The lowest BCUT2D eigenvalue weighted by Crippen LogP contribution is -2.15. The first kappa shape index (κ1) is 9.86. The van der Waals surface area contributed by atoms with Crippen molar-refractivity contribution in [1.29, 1.82) is 0 Å². The van der Waals surface area contributed by atoms with E-state index in [1.165, 1.54) is 0 Å². The monoisotopic (exact) mass is 180 g/mol. The van der Waals surface area contributed by atoms with E-state index in [2.05, 4.69) is 0 Å². The first-order chi connectivity index (χ1) is 6.09. The van der Waals surface area contributed by atoms with Crippen molar-refractivity contribution in [3.05, 3.63) is 23.8 Å². The maximum absolute atomic E-state index is 9.22. The summed E-state index contributed by atoms with van der Waals surface area (Å²) >= 11 is 0. The number of nitrogen functional groups attached to an aromatic ring is 1. The molecule has 1 aromatic rings. The van der Waals surface area contributed by atoms with Crippen molar-refractivity contribution in [3.8, 4) is 5.75 Å². The van der Waals surface area contributed by atoms with Gasteiger partial charge in [0.15, 0.2) is 0 Å². The zero-order valence-corrected chi connectivity index (χ0v) is 7.83. The minimum Gasteiger partial charge on any atom is -0.508 e.